The van der Waals surface area contributed by atoms with Crippen LogP contribution in [0.25, 0.3) is 34.1 Å². The van der Waals surface area contributed by atoms with Crippen LogP contribution in [0.5, 0.6) is 0 Å². The maximum Gasteiger partial charge on any atom is 0.0540 e. The highest BCUT2D eigenvalue weighted by Crippen LogP contribution is 2.51. The van der Waals surface area contributed by atoms with Crippen LogP contribution < -0.4 is 9.80 Å². The van der Waals surface area contributed by atoms with Crippen LogP contribution in [-0.2, 0) is 5.41 Å². The highest BCUT2D eigenvalue weighted by molar-refractivity contribution is 5.99. The number of benzene rings is 8. The summed E-state index contributed by atoms with van der Waals surface area (Å²) >= 11 is 0. The molecule has 54 heavy (non-hydrogen) atoms. The van der Waals surface area contributed by atoms with Crippen molar-refractivity contribution in [2.24, 2.45) is 0 Å². The van der Waals surface area contributed by atoms with Gasteiger partial charge in [0, 0.05) is 39.2 Å². The second-order valence-corrected chi connectivity index (χ2v) is 14.8. The molecular formula is C52H42N2. The molecule has 0 unspecified atom stereocenters. The van der Waals surface area contributed by atoms with Crippen molar-refractivity contribution in [3.63, 3.8) is 0 Å². The Morgan fingerprint density at radius 1 is 0.407 bits per heavy atom. The molecule has 0 saturated heterocycles. The van der Waals surface area contributed by atoms with Crippen molar-refractivity contribution in [2.75, 3.05) is 9.80 Å². The molecular weight excluding hydrogens is 653 g/mol. The minimum atomic E-state index is -0.147. The molecule has 0 aliphatic heterocycles. The van der Waals surface area contributed by atoms with Crippen molar-refractivity contribution in [1.29, 1.82) is 0 Å². The summed E-state index contributed by atoms with van der Waals surface area (Å²) in [4.78, 5) is 4.72. The van der Waals surface area contributed by atoms with Gasteiger partial charge in [0.1, 0.15) is 0 Å². The fraction of sp³-hybridized carbons (Fsp3) is 0.0769. The molecule has 260 valence electrons. The Kier molecular flexibility index (Phi) is 8.44. The zero-order chi connectivity index (χ0) is 36.6. The molecule has 0 radical (unpaired) electrons. The first-order valence-electron chi connectivity index (χ1n) is 18.8. The fourth-order valence-electron chi connectivity index (χ4n) is 8.11. The first kappa shape index (κ1) is 33.2. The highest BCUT2D eigenvalue weighted by Gasteiger charge is 2.36. The number of rotatable bonds is 8. The fourth-order valence-corrected chi connectivity index (χ4v) is 8.11. The van der Waals surface area contributed by atoms with Gasteiger partial charge < -0.3 is 9.80 Å². The lowest BCUT2D eigenvalue weighted by molar-refractivity contribution is 0.660. The summed E-state index contributed by atoms with van der Waals surface area (Å²) < 4.78 is 0. The number of nitrogens with zero attached hydrogens (tertiary/aromatic N) is 2. The molecule has 2 nitrogen and oxygen atoms in total. The molecule has 0 spiro atoms. The third kappa shape index (κ3) is 6.06. The summed E-state index contributed by atoms with van der Waals surface area (Å²) in [6.45, 7) is 6.87. The van der Waals surface area contributed by atoms with Crippen LogP contribution in [0.4, 0.5) is 34.1 Å². The van der Waals surface area contributed by atoms with Crippen LogP contribution >= 0.6 is 0 Å². The van der Waals surface area contributed by atoms with Crippen molar-refractivity contribution in [1.82, 2.24) is 0 Å². The van der Waals surface area contributed by atoms with E-state index in [0.29, 0.717) is 0 Å². The minimum absolute atomic E-state index is 0.147. The van der Waals surface area contributed by atoms with Gasteiger partial charge in [0.15, 0.2) is 0 Å². The van der Waals surface area contributed by atoms with Crippen LogP contribution in [-0.4, -0.2) is 0 Å². The molecule has 0 heterocycles. The monoisotopic (exact) mass is 694 g/mol. The molecule has 0 saturated carbocycles. The third-order valence-corrected chi connectivity index (χ3v) is 10.9. The summed E-state index contributed by atoms with van der Waals surface area (Å²) in [7, 11) is 0. The van der Waals surface area contributed by atoms with Gasteiger partial charge >= 0.3 is 0 Å². The Balaban J connectivity index is 1.01. The van der Waals surface area contributed by atoms with E-state index < -0.39 is 0 Å². The van der Waals surface area contributed by atoms with E-state index in [1.807, 2.05) is 0 Å². The molecule has 0 amide bonds. The first-order chi connectivity index (χ1) is 26.4. The molecule has 0 bridgehead atoms. The summed E-state index contributed by atoms with van der Waals surface area (Å²) in [5, 5.41) is 2.46. The largest absolute Gasteiger partial charge is 0.310 e. The van der Waals surface area contributed by atoms with Crippen LogP contribution in [0.2, 0.25) is 0 Å². The molecule has 8 aromatic rings. The average Bonchev–Trinajstić information content (AvgIpc) is 3.43. The molecule has 1 aliphatic carbocycles. The maximum atomic E-state index is 2.39. The highest BCUT2D eigenvalue weighted by atomic mass is 15.1. The summed E-state index contributed by atoms with van der Waals surface area (Å²) in [5.41, 5.74) is 15.7. The van der Waals surface area contributed by atoms with E-state index >= 15 is 0 Å². The lowest BCUT2D eigenvalue weighted by Gasteiger charge is -2.28. The molecule has 0 aromatic heterocycles. The number of hydrogen-bond donors (Lipinski definition) is 0. The standard InChI is InChI=1S/C52H42N2/c1-37-14-12-21-44(34-37)54(51-23-13-16-40-15-10-11-22-46(40)51)43-29-26-38(27-30-43)24-25-39-28-32-47-48-33-31-45(36-50(48)52(2,3)49(47)35-39)53(41-17-6-4-7-18-41)42-19-8-5-9-20-42/h4-36H,1-3H3/b25-24+. The first-order valence-corrected chi connectivity index (χ1v) is 18.8. The summed E-state index contributed by atoms with van der Waals surface area (Å²) in [6.07, 6.45) is 4.47. The summed E-state index contributed by atoms with van der Waals surface area (Å²) in [6, 6.07) is 68.0. The average molecular weight is 695 g/mol. The molecule has 0 atom stereocenters. The normalized spacial score (nSPS) is 12.8. The predicted molar refractivity (Wildman–Crippen MR) is 231 cm³/mol. The van der Waals surface area contributed by atoms with Gasteiger partial charge in [-0.25, -0.2) is 0 Å². The van der Waals surface area contributed by atoms with Crippen molar-refractivity contribution in [3.8, 4) is 11.1 Å². The Hall–Kier alpha value is -6.64. The van der Waals surface area contributed by atoms with Gasteiger partial charge in [-0.05, 0) is 118 Å². The van der Waals surface area contributed by atoms with E-state index in [-0.39, 0.29) is 5.41 Å². The Morgan fingerprint density at radius 2 is 0.926 bits per heavy atom. The predicted octanol–water partition coefficient (Wildman–Crippen LogP) is 14.6. The maximum absolute atomic E-state index is 2.39. The zero-order valence-corrected chi connectivity index (χ0v) is 30.9. The van der Waals surface area contributed by atoms with Gasteiger partial charge in [-0.1, -0.05) is 147 Å². The smallest absolute Gasteiger partial charge is 0.0540 e. The van der Waals surface area contributed by atoms with Crippen molar-refractivity contribution in [2.45, 2.75) is 26.2 Å². The lowest BCUT2D eigenvalue weighted by atomic mass is 9.81. The van der Waals surface area contributed by atoms with E-state index in [4.69, 9.17) is 0 Å². The van der Waals surface area contributed by atoms with E-state index in [9.17, 15) is 0 Å². The molecule has 8 aromatic carbocycles. The molecule has 1 aliphatic rings. The van der Waals surface area contributed by atoms with Crippen molar-refractivity contribution in [3.05, 3.63) is 216 Å². The van der Waals surface area contributed by atoms with E-state index in [1.54, 1.807) is 0 Å². The SMILES string of the molecule is Cc1cccc(N(c2ccc(/C=C/c3ccc4c(c3)C(C)(C)c3cc(N(c5ccccc5)c5ccccc5)ccc3-4)cc2)c2cccc3ccccc23)c1. The van der Waals surface area contributed by atoms with Crippen molar-refractivity contribution < 1.29 is 0 Å². The van der Waals surface area contributed by atoms with Crippen molar-refractivity contribution >= 4 is 57.0 Å². The number of aryl methyl sites for hydroxylation is 1. The van der Waals surface area contributed by atoms with Crippen LogP contribution in [0.1, 0.15) is 41.7 Å². The second kappa shape index (κ2) is 13.7. The topological polar surface area (TPSA) is 6.48 Å². The Bertz CT molecular complexity index is 2590. The molecule has 0 N–H and O–H groups in total. The zero-order valence-electron chi connectivity index (χ0n) is 30.9. The van der Waals surface area contributed by atoms with E-state index in [1.165, 1.54) is 49.8 Å². The molecule has 9 rings (SSSR count). The lowest BCUT2D eigenvalue weighted by Crippen LogP contribution is -2.16. The van der Waals surface area contributed by atoms with Gasteiger partial charge in [-0.15, -0.1) is 0 Å². The minimum Gasteiger partial charge on any atom is -0.310 e. The Morgan fingerprint density at radius 3 is 1.65 bits per heavy atom. The quantitative estimate of drug-likeness (QED) is 0.146. The van der Waals surface area contributed by atoms with Gasteiger partial charge in [0.25, 0.3) is 0 Å². The van der Waals surface area contributed by atoms with Crippen LogP contribution in [0, 0.1) is 6.92 Å². The molecule has 2 heteroatoms. The third-order valence-electron chi connectivity index (χ3n) is 10.9. The van der Waals surface area contributed by atoms with E-state index in [2.05, 4.69) is 231 Å². The van der Waals surface area contributed by atoms with Gasteiger partial charge in [-0.3, -0.25) is 0 Å². The Labute approximate surface area is 318 Å². The van der Waals surface area contributed by atoms with Gasteiger partial charge in [0.05, 0.1) is 5.69 Å². The van der Waals surface area contributed by atoms with Gasteiger partial charge in [-0.2, -0.15) is 0 Å². The number of fused-ring (bicyclic) bond motifs is 4. The summed E-state index contributed by atoms with van der Waals surface area (Å²) in [5.74, 6) is 0. The number of anilines is 6. The van der Waals surface area contributed by atoms with E-state index in [0.717, 1.165) is 34.0 Å². The second-order valence-electron chi connectivity index (χ2n) is 14.8. The van der Waals surface area contributed by atoms with Crippen LogP contribution in [0.3, 0.4) is 0 Å². The van der Waals surface area contributed by atoms with Gasteiger partial charge in [0.2, 0.25) is 0 Å². The number of hydrogen-bond acceptors (Lipinski definition) is 2. The molecule has 0 fully saturated rings. The van der Waals surface area contributed by atoms with Crippen LogP contribution in [0.15, 0.2) is 188 Å². The number of para-hydroxylation sites is 2.